The summed E-state index contributed by atoms with van der Waals surface area (Å²) < 4.78 is 45.8. The number of rotatable bonds is 4. The lowest BCUT2D eigenvalue weighted by molar-refractivity contribution is -0.137. The number of halogens is 3. The first-order valence-electron chi connectivity index (χ1n) is 7.47. The van der Waals surface area contributed by atoms with Crippen molar-refractivity contribution in [2.24, 2.45) is 0 Å². The summed E-state index contributed by atoms with van der Waals surface area (Å²) in [5, 5.41) is 0. The first-order chi connectivity index (χ1) is 11.5. The lowest BCUT2D eigenvalue weighted by atomic mass is 9.97. The van der Waals surface area contributed by atoms with E-state index in [9.17, 15) is 13.2 Å². The van der Waals surface area contributed by atoms with Gasteiger partial charge in [0.05, 0.1) is 5.56 Å². The highest BCUT2D eigenvalue weighted by molar-refractivity contribution is 5.68. The number of hydrogen-bond acceptors (Lipinski definition) is 1. The SMILES string of the molecule is FC(F)(F)c1cc(COc2ccccc2)ccc1-c1ccccc1. The van der Waals surface area contributed by atoms with Crippen LogP contribution in [0.2, 0.25) is 0 Å². The van der Waals surface area contributed by atoms with Gasteiger partial charge < -0.3 is 4.74 Å². The van der Waals surface area contributed by atoms with E-state index in [1.54, 1.807) is 48.5 Å². The second-order valence-electron chi connectivity index (χ2n) is 5.35. The van der Waals surface area contributed by atoms with Gasteiger partial charge in [-0.15, -0.1) is 0 Å². The normalized spacial score (nSPS) is 11.3. The molecule has 0 aromatic heterocycles. The van der Waals surface area contributed by atoms with E-state index in [1.807, 2.05) is 18.2 Å². The zero-order valence-corrected chi connectivity index (χ0v) is 12.8. The Hall–Kier alpha value is -2.75. The molecular formula is C20H15F3O. The van der Waals surface area contributed by atoms with Gasteiger partial charge in [0.1, 0.15) is 12.4 Å². The van der Waals surface area contributed by atoms with E-state index in [0.29, 0.717) is 16.9 Å². The standard InChI is InChI=1S/C20H15F3O/c21-20(22,23)19-13-15(14-24-17-9-5-2-6-10-17)11-12-18(19)16-7-3-1-4-8-16/h1-13H,14H2. The van der Waals surface area contributed by atoms with Gasteiger partial charge in [0.2, 0.25) is 0 Å². The van der Waals surface area contributed by atoms with Crippen LogP contribution in [0.25, 0.3) is 11.1 Å². The summed E-state index contributed by atoms with van der Waals surface area (Å²) in [7, 11) is 0. The quantitative estimate of drug-likeness (QED) is 0.575. The molecule has 3 aromatic carbocycles. The van der Waals surface area contributed by atoms with E-state index >= 15 is 0 Å². The first kappa shape index (κ1) is 16.1. The van der Waals surface area contributed by atoms with Crippen molar-refractivity contribution in [1.82, 2.24) is 0 Å². The zero-order valence-electron chi connectivity index (χ0n) is 12.8. The number of alkyl halides is 3. The van der Waals surface area contributed by atoms with Crippen LogP contribution in [0, 0.1) is 0 Å². The molecule has 0 spiro atoms. The molecule has 0 fully saturated rings. The van der Waals surface area contributed by atoms with Gasteiger partial charge in [0, 0.05) is 0 Å². The van der Waals surface area contributed by atoms with Gasteiger partial charge >= 0.3 is 6.18 Å². The fourth-order valence-corrected chi connectivity index (χ4v) is 2.47. The molecule has 0 aliphatic carbocycles. The van der Waals surface area contributed by atoms with Crippen LogP contribution in [-0.2, 0) is 12.8 Å². The third kappa shape index (κ3) is 3.77. The average Bonchev–Trinajstić information content (AvgIpc) is 2.61. The Bertz CT molecular complexity index is 796. The Labute approximate surface area is 138 Å². The van der Waals surface area contributed by atoms with E-state index in [2.05, 4.69) is 0 Å². The molecule has 24 heavy (non-hydrogen) atoms. The maximum atomic E-state index is 13.4. The summed E-state index contributed by atoms with van der Waals surface area (Å²) in [6, 6.07) is 21.9. The van der Waals surface area contributed by atoms with Crippen molar-refractivity contribution < 1.29 is 17.9 Å². The molecule has 0 unspecified atom stereocenters. The van der Waals surface area contributed by atoms with E-state index < -0.39 is 11.7 Å². The molecule has 0 saturated carbocycles. The van der Waals surface area contributed by atoms with Gasteiger partial charge in [-0.05, 0) is 34.9 Å². The van der Waals surface area contributed by atoms with Crippen molar-refractivity contribution in [3.8, 4) is 16.9 Å². The Morgan fingerprint density at radius 1 is 0.750 bits per heavy atom. The third-order valence-electron chi connectivity index (χ3n) is 3.62. The Balaban J connectivity index is 1.90. The lowest BCUT2D eigenvalue weighted by Gasteiger charge is -2.15. The van der Waals surface area contributed by atoms with Crippen molar-refractivity contribution in [2.45, 2.75) is 12.8 Å². The highest BCUT2D eigenvalue weighted by Crippen LogP contribution is 2.37. The van der Waals surface area contributed by atoms with Crippen LogP contribution in [-0.4, -0.2) is 0 Å². The molecule has 0 atom stereocenters. The Kier molecular flexibility index (Phi) is 4.56. The van der Waals surface area contributed by atoms with Crippen LogP contribution >= 0.6 is 0 Å². The minimum atomic E-state index is -4.42. The molecule has 0 radical (unpaired) electrons. The molecule has 1 nitrogen and oxygen atoms in total. The highest BCUT2D eigenvalue weighted by atomic mass is 19.4. The van der Waals surface area contributed by atoms with Crippen LogP contribution in [0.4, 0.5) is 13.2 Å². The van der Waals surface area contributed by atoms with Crippen molar-refractivity contribution in [2.75, 3.05) is 0 Å². The zero-order chi connectivity index (χ0) is 17.0. The summed E-state index contributed by atoms with van der Waals surface area (Å²) in [6.45, 7) is 0.0855. The molecule has 3 rings (SSSR count). The average molecular weight is 328 g/mol. The minimum Gasteiger partial charge on any atom is -0.489 e. The molecule has 0 amide bonds. The third-order valence-corrected chi connectivity index (χ3v) is 3.62. The van der Waals surface area contributed by atoms with Crippen LogP contribution in [0.5, 0.6) is 5.75 Å². The van der Waals surface area contributed by atoms with E-state index in [1.165, 1.54) is 6.07 Å². The van der Waals surface area contributed by atoms with Crippen molar-refractivity contribution >= 4 is 0 Å². The summed E-state index contributed by atoms with van der Waals surface area (Å²) in [5.41, 5.74) is 0.542. The molecule has 0 aliphatic heterocycles. The molecule has 3 aromatic rings. The van der Waals surface area contributed by atoms with Crippen molar-refractivity contribution in [3.63, 3.8) is 0 Å². The van der Waals surface area contributed by atoms with Gasteiger partial charge in [-0.1, -0.05) is 60.7 Å². The number of ether oxygens (including phenoxy) is 1. The topological polar surface area (TPSA) is 9.23 Å². The highest BCUT2D eigenvalue weighted by Gasteiger charge is 2.33. The maximum absolute atomic E-state index is 13.4. The van der Waals surface area contributed by atoms with Crippen LogP contribution < -0.4 is 4.74 Å². The van der Waals surface area contributed by atoms with Gasteiger partial charge in [0.25, 0.3) is 0 Å². The number of hydrogen-bond donors (Lipinski definition) is 0. The van der Waals surface area contributed by atoms with E-state index in [4.69, 9.17) is 4.74 Å². The molecule has 0 aliphatic rings. The monoisotopic (exact) mass is 328 g/mol. The Morgan fingerprint density at radius 2 is 1.38 bits per heavy atom. The molecule has 4 heteroatoms. The molecule has 122 valence electrons. The predicted molar refractivity (Wildman–Crippen MR) is 87.7 cm³/mol. The summed E-state index contributed by atoms with van der Waals surface area (Å²) in [5.74, 6) is 0.623. The maximum Gasteiger partial charge on any atom is 0.417 e. The first-order valence-corrected chi connectivity index (χ1v) is 7.47. The molecule has 0 saturated heterocycles. The molecule has 0 heterocycles. The minimum absolute atomic E-state index is 0.0855. The molecule has 0 bridgehead atoms. The summed E-state index contributed by atoms with van der Waals surface area (Å²) in [4.78, 5) is 0. The fraction of sp³-hybridized carbons (Fsp3) is 0.100. The van der Waals surface area contributed by atoms with Gasteiger partial charge in [-0.3, -0.25) is 0 Å². The lowest BCUT2D eigenvalue weighted by Crippen LogP contribution is -2.09. The van der Waals surface area contributed by atoms with Crippen molar-refractivity contribution in [1.29, 1.82) is 0 Å². The summed E-state index contributed by atoms with van der Waals surface area (Å²) >= 11 is 0. The predicted octanol–water partition coefficient (Wildman–Crippen LogP) is 5.95. The molecule has 0 N–H and O–H groups in total. The van der Waals surface area contributed by atoms with E-state index in [-0.39, 0.29) is 12.2 Å². The van der Waals surface area contributed by atoms with Crippen LogP contribution in [0.15, 0.2) is 78.9 Å². The smallest absolute Gasteiger partial charge is 0.417 e. The second kappa shape index (κ2) is 6.79. The second-order valence-corrected chi connectivity index (χ2v) is 5.35. The van der Waals surface area contributed by atoms with E-state index in [0.717, 1.165) is 6.07 Å². The van der Waals surface area contributed by atoms with Gasteiger partial charge in [0.15, 0.2) is 0 Å². The van der Waals surface area contributed by atoms with Gasteiger partial charge in [-0.25, -0.2) is 0 Å². The number of benzene rings is 3. The largest absolute Gasteiger partial charge is 0.489 e. The summed E-state index contributed by atoms with van der Waals surface area (Å²) in [6.07, 6.45) is -4.42. The fourth-order valence-electron chi connectivity index (χ4n) is 2.47. The number of para-hydroxylation sites is 1. The van der Waals surface area contributed by atoms with Crippen LogP contribution in [0.3, 0.4) is 0 Å². The van der Waals surface area contributed by atoms with Crippen LogP contribution in [0.1, 0.15) is 11.1 Å². The van der Waals surface area contributed by atoms with Crippen molar-refractivity contribution in [3.05, 3.63) is 90.0 Å². The Morgan fingerprint density at radius 3 is 2.00 bits per heavy atom. The molecular weight excluding hydrogens is 313 g/mol. The van der Waals surface area contributed by atoms with Gasteiger partial charge in [-0.2, -0.15) is 13.2 Å².